The van der Waals surface area contributed by atoms with E-state index in [0.717, 1.165) is 18.2 Å². The number of carboxylic acids is 1. The number of nitrogens with zero attached hydrogens (tertiary/aromatic N) is 3. The van der Waals surface area contributed by atoms with E-state index < -0.39 is 27.9 Å². The number of halogens is 1. The van der Waals surface area contributed by atoms with Crippen molar-refractivity contribution in [3.63, 3.8) is 0 Å². The number of non-ortho nitro benzene ring substituents is 1. The van der Waals surface area contributed by atoms with Crippen LogP contribution in [0.5, 0.6) is 11.6 Å². The molecule has 0 amide bonds. The maximum atomic E-state index is 14.0. The molecule has 2 aromatic rings. The first-order chi connectivity index (χ1) is 11.0. The predicted octanol–water partition coefficient (Wildman–Crippen LogP) is 3.48. The fourth-order valence-corrected chi connectivity index (χ4v) is 2.05. The summed E-state index contributed by atoms with van der Waals surface area (Å²) in [6.07, 6.45) is 0. The van der Waals surface area contributed by atoms with Gasteiger partial charge in [-0.05, 0) is 33.8 Å². The quantitative estimate of drug-likeness (QED) is 0.676. The van der Waals surface area contributed by atoms with Crippen LogP contribution in [0.15, 0.2) is 18.2 Å². The SMILES string of the molecule is Cc1c(C(=O)O)nn(C(C)(C)C)c1Oc1ccc([N+](=O)[O-])cc1F. The molecule has 128 valence electrons. The summed E-state index contributed by atoms with van der Waals surface area (Å²) >= 11 is 0. The third-order valence-corrected chi connectivity index (χ3v) is 3.24. The van der Waals surface area contributed by atoms with Crippen LogP contribution >= 0.6 is 0 Å². The number of ether oxygens (including phenoxy) is 1. The highest BCUT2D eigenvalue weighted by molar-refractivity contribution is 5.87. The molecule has 24 heavy (non-hydrogen) atoms. The van der Waals surface area contributed by atoms with Crippen LogP contribution in [-0.4, -0.2) is 25.8 Å². The maximum Gasteiger partial charge on any atom is 0.356 e. The summed E-state index contributed by atoms with van der Waals surface area (Å²) in [6, 6.07) is 2.96. The van der Waals surface area contributed by atoms with E-state index in [1.54, 1.807) is 20.8 Å². The van der Waals surface area contributed by atoms with Gasteiger partial charge in [-0.3, -0.25) is 10.1 Å². The lowest BCUT2D eigenvalue weighted by Gasteiger charge is -2.22. The normalized spacial score (nSPS) is 11.4. The van der Waals surface area contributed by atoms with E-state index >= 15 is 0 Å². The van der Waals surface area contributed by atoms with Crippen molar-refractivity contribution in [2.75, 3.05) is 0 Å². The lowest BCUT2D eigenvalue weighted by Crippen LogP contribution is -2.24. The third kappa shape index (κ3) is 3.19. The van der Waals surface area contributed by atoms with Crippen LogP contribution in [0.2, 0.25) is 0 Å². The molecule has 8 nitrogen and oxygen atoms in total. The molecule has 0 aliphatic rings. The Bertz CT molecular complexity index is 823. The molecule has 1 aromatic heterocycles. The predicted molar refractivity (Wildman–Crippen MR) is 82.0 cm³/mol. The first kappa shape index (κ1) is 17.4. The summed E-state index contributed by atoms with van der Waals surface area (Å²) in [7, 11) is 0. The third-order valence-electron chi connectivity index (χ3n) is 3.24. The van der Waals surface area contributed by atoms with Crippen LogP contribution in [0.3, 0.4) is 0 Å². The summed E-state index contributed by atoms with van der Waals surface area (Å²) in [5.41, 5.74) is -1.00. The summed E-state index contributed by atoms with van der Waals surface area (Å²) < 4.78 is 20.9. The van der Waals surface area contributed by atoms with E-state index in [2.05, 4.69) is 5.10 Å². The van der Waals surface area contributed by atoms with Crippen molar-refractivity contribution in [2.24, 2.45) is 0 Å². The first-order valence-electron chi connectivity index (χ1n) is 6.97. The lowest BCUT2D eigenvalue weighted by atomic mass is 10.1. The summed E-state index contributed by atoms with van der Waals surface area (Å²) in [5.74, 6) is -2.36. The summed E-state index contributed by atoms with van der Waals surface area (Å²) in [6.45, 7) is 6.84. The van der Waals surface area contributed by atoms with Crippen LogP contribution < -0.4 is 4.74 Å². The number of aromatic carboxylic acids is 1. The Balaban J connectivity index is 2.53. The van der Waals surface area contributed by atoms with Crippen LogP contribution in [0.1, 0.15) is 36.8 Å². The molecule has 0 bridgehead atoms. The van der Waals surface area contributed by atoms with Gasteiger partial charge in [0.1, 0.15) is 0 Å². The number of nitro benzene ring substituents is 1. The van der Waals surface area contributed by atoms with Crippen molar-refractivity contribution in [2.45, 2.75) is 33.2 Å². The zero-order valence-corrected chi connectivity index (χ0v) is 13.5. The molecule has 1 heterocycles. The van der Waals surface area contributed by atoms with E-state index in [0.29, 0.717) is 0 Å². The number of nitro groups is 1. The molecule has 0 fully saturated rings. The van der Waals surface area contributed by atoms with Gasteiger partial charge in [0, 0.05) is 11.6 Å². The second-order valence-electron chi connectivity index (χ2n) is 6.14. The molecule has 1 aromatic carbocycles. The molecule has 0 aliphatic carbocycles. The number of benzene rings is 1. The molecule has 0 saturated carbocycles. The van der Waals surface area contributed by atoms with Crippen LogP contribution in [0, 0.1) is 22.9 Å². The zero-order valence-electron chi connectivity index (χ0n) is 13.5. The molecule has 0 radical (unpaired) electrons. The maximum absolute atomic E-state index is 14.0. The topological polar surface area (TPSA) is 107 Å². The average Bonchev–Trinajstić information content (AvgIpc) is 2.78. The number of rotatable bonds is 4. The summed E-state index contributed by atoms with van der Waals surface area (Å²) in [5, 5.41) is 23.9. The van der Waals surface area contributed by atoms with Crippen molar-refractivity contribution in [1.29, 1.82) is 0 Å². The largest absolute Gasteiger partial charge is 0.476 e. The first-order valence-corrected chi connectivity index (χ1v) is 6.97. The highest BCUT2D eigenvalue weighted by Crippen LogP contribution is 2.34. The fourth-order valence-electron chi connectivity index (χ4n) is 2.05. The number of carbonyl (C=O) groups is 1. The van der Waals surface area contributed by atoms with Gasteiger partial charge in [0.25, 0.3) is 5.69 Å². The molecule has 0 saturated heterocycles. The van der Waals surface area contributed by atoms with Crippen molar-refractivity contribution < 1.29 is 24.0 Å². The molecule has 0 spiro atoms. The van der Waals surface area contributed by atoms with Gasteiger partial charge in [-0.2, -0.15) is 5.10 Å². The van der Waals surface area contributed by atoms with Crippen molar-refractivity contribution in [3.05, 3.63) is 45.4 Å². The van der Waals surface area contributed by atoms with E-state index in [-0.39, 0.29) is 22.9 Å². The Kier molecular flexibility index (Phi) is 4.28. The number of carboxylic acid groups (broad SMARTS) is 1. The molecular weight excluding hydrogens is 321 g/mol. The van der Waals surface area contributed by atoms with E-state index in [1.807, 2.05) is 0 Å². The minimum atomic E-state index is -1.23. The molecule has 0 unspecified atom stereocenters. The standard InChI is InChI=1S/C15H16FN3O5/c1-8-12(14(20)21)17-18(15(2,3)4)13(8)24-11-6-5-9(19(22)23)7-10(11)16/h5-7H,1-4H3,(H,20,21). The molecule has 0 aliphatic heterocycles. The van der Waals surface area contributed by atoms with Gasteiger partial charge in [-0.15, -0.1) is 0 Å². The number of hydrogen-bond donors (Lipinski definition) is 1. The van der Waals surface area contributed by atoms with Crippen molar-refractivity contribution in [3.8, 4) is 11.6 Å². The fraction of sp³-hybridized carbons (Fsp3) is 0.333. The van der Waals surface area contributed by atoms with Gasteiger partial charge in [-0.1, -0.05) is 0 Å². The van der Waals surface area contributed by atoms with Crippen LogP contribution in [0.4, 0.5) is 10.1 Å². The number of hydrogen-bond acceptors (Lipinski definition) is 5. The van der Waals surface area contributed by atoms with E-state index in [9.17, 15) is 24.4 Å². The van der Waals surface area contributed by atoms with Gasteiger partial charge >= 0.3 is 5.97 Å². The Labute approximate surface area is 136 Å². The zero-order chi connectivity index (χ0) is 18.2. The molecule has 2 rings (SSSR count). The minimum absolute atomic E-state index is 0.0626. The minimum Gasteiger partial charge on any atom is -0.476 e. The Morgan fingerprint density at radius 2 is 2.04 bits per heavy atom. The van der Waals surface area contributed by atoms with Crippen molar-refractivity contribution in [1.82, 2.24) is 9.78 Å². The highest BCUT2D eigenvalue weighted by Gasteiger charge is 2.28. The van der Waals surface area contributed by atoms with Crippen LogP contribution in [-0.2, 0) is 5.54 Å². The number of aromatic nitrogens is 2. The smallest absolute Gasteiger partial charge is 0.356 e. The second-order valence-corrected chi connectivity index (χ2v) is 6.14. The van der Waals surface area contributed by atoms with E-state index in [4.69, 9.17) is 4.74 Å². The molecule has 1 N–H and O–H groups in total. The highest BCUT2D eigenvalue weighted by atomic mass is 19.1. The van der Waals surface area contributed by atoms with Crippen LogP contribution in [0.25, 0.3) is 0 Å². The molecule has 0 atom stereocenters. The van der Waals surface area contributed by atoms with Gasteiger partial charge in [0.2, 0.25) is 5.88 Å². The average molecular weight is 337 g/mol. The van der Waals surface area contributed by atoms with Crippen molar-refractivity contribution >= 4 is 11.7 Å². The Morgan fingerprint density at radius 3 is 2.50 bits per heavy atom. The van der Waals surface area contributed by atoms with Gasteiger partial charge in [-0.25, -0.2) is 13.9 Å². The summed E-state index contributed by atoms with van der Waals surface area (Å²) in [4.78, 5) is 21.2. The van der Waals surface area contributed by atoms with Gasteiger partial charge < -0.3 is 9.84 Å². The molecular formula is C15H16FN3O5. The Morgan fingerprint density at radius 1 is 1.42 bits per heavy atom. The lowest BCUT2D eigenvalue weighted by molar-refractivity contribution is -0.385. The van der Waals surface area contributed by atoms with Gasteiger partial charge in [0.05, 0.1) is 16.5 Å². The monoisotopic (exact) mass is 337 g/mol. The molecule has 9 heteroatoms. The Hall–Kier alpha value is -2.97. The second kappa shape index (κ2) is 5.91. The van der Waals surface area contributed by atoms with Gasteiger partial charge in [0.15, 0.2) is 17.3 Å². The van der Waals surface area contributed by atoms with E-state index in [1.165, 1.54) is 11.6 Å².